The predicted molar refractivity (Wildman–Crippen MR) is 166 cm³/mol. The Balaban J connectivity index is 1.27. The summed E-state index contributed by atoms with van der Waals surface area (Å²) in [4.78, 5) is 45.3. The Labute approximate surface area is 254 Å². The van der Waals surface area contributed by atoms with Gasteiger partial charge in [-0.05, 0) is 53.3 Å². The maximum atomic E-state index is 14.2. The number of urea groups is 1. The fourth-order valence-electron chi connectivity index (χ4n) is 5.54. The molecule has 4 amide bonds. The van der Waals surface area contributed by atoms with Crippen molar-refractivity contribution in [1.29, 1.82) is 0 Å². The van der Waals surface area contributed by atoms with E-state index in [1.54, 1.807) is 23.3 Å². The van der Waals surface area contributed by atoms with Gasteiger partial charge in [0.05, 0.1) is 23.9 Å². The van der Waals surface area contributed by atoms with E-state index in [1.165, 1.54) is 9.78 Å². The summed E-state index contributed by atoms with van der Waals surface area (Å²) in [5.41, 5.74) is 2.72. The van der Waals surface area contributed by atoms with Gasteiger partial charge in [-0.1, -0.05) is 66.7 Å². The number of ether oxygens (including phenoxy) is 1. The highest BCUT2D eigenvalue weighted by molar-refractivity contribution is 7.09. The van der Waals surface area contributed by atoms with Crippen molar-refractivity contribution in [2.75, 3.05) is 20.1 Å². The molecule has 0 spiro atoms. The molecular weight excluding hydrogens is 560 g/mol. The minimum atomic E-state index is -0.749. The van der Waals surface area contributed by atoms with Crippen molar-refractivity contribution in [2.45, 2.75) is 24.9 Å². The number of likely N-dealkylation sites (N-methyl/N-ethyl adjacent to an activating group) is 1. The Bertz CT molecular complexity index is 1640. The lowest BCUT2D eigenvalue weighted by atomic mass is 9.95. The number of nitrogens with one attached hydrogen (secondary N) is 2. The summed E-state index contributed by atoms with van der Waals surface area (Å²) in [5, 5.41) is 8.06. The molecule has 2 unspecified atom stereocenters. The third kappa shape index (κ3) is 6.17. The van der Waals surface area contributed by atoms with E-state index in [9.17, 15) is 14.4 Å². The molecule has 4 aromatic rings. The number of carbonyl (C=O) groups excluding carboxylic acids is 3. The number of hydrogen-bond donors (Lipinski definition) is 2. The molecule has 43 heavy (non-hydrogen) atoms. The van der Waals surface area contributed by atoms with Gasteiger partial charge >= 0.3 is 6.03 Å². The topological polar surface area (TPSA) is 91.0 Å². The van der Waals surface area contributed by atoms with E-state index in [0.29, 0.717) is 35.7 Å². The van der Waals surface area contributed by atoms with Gasteiger partial charge in [0.1, 0.15) is 17.5 Å². The number of nitrogens with zero attached hydrogens (tertiary/aromatic N) is 2. The van der Waals surface area contributed by atoms with Crippen LogP contribution in [0.5, 0.6) is 11.5 Å². The minimum Gasteiger partial charge on any atom is -0.457 e. The van der Waals surface area contributed by atoms with E-state index >= 15 is 0 Å². The van der Waals surface area contributed by atoms with Gasteiger partial charge in [0.15, 0.2) is 0 Å². The summed E-state index contributed by atoms with van der Waals surface area (Å²) in [6.45, 7) is 0.626. The number of para-hydroxylation sites is 1. The summed E-state index contributed by atoms with van der Waals surface area (Å²) in [5.74, 6) is 0.790. The fourth-order valence-corrected chi connectivity index (χ4v) is 6.24. The Kier molecular flexibility index (Phi) is 8.24. The van der Waals surface area contributed by atoms with Crippen LogP contribution in [0.4, 0.5) is 4.79 Å². The summed E-state index contributed by atoms with van der Waals surface area (Å²) in [7, 11) is 1.65. The first-order valence-corrected chi connectivity index (χ1v) is 15.1. The standard InChI is InChI=1S/C34H32N4O4S/c1-37-29-22-38(28(20-23-10-4-2-5-11-23)32(39)35-18-17-27-16-9-19-43-27)33(40)30(29)31(36-34(37)41)24-12-8-15-26(21-24)42-25-13-6-3-7-14-25/h2-16,19,21,28,31H,17-18,20,22H2,1H3,(H,35,39)(H,36,41). The Morgan fingerprint density at radius 2 is 1.72 bits per heavy atom. The molecule has 2 aliphatic heterocycles. The van der Waals surface area contributed by atoms with Crippen LogP contribution < -0.4 is 15.4 Å². The van der Waals surface area contributed by atoms with E-state index in [2.05, 4.69) is 10.6 Å². The highest BCUT2D eigenvalue weighted by Crippen LogP contribution is 2.38. The second-order valence-electron chi connectivity index (χ2n) is 10.5. The Hall–Kier alpha value is -4.89. The van der Waals surface area contributed by atoms with Crippen molar-refractivity contribution >= 4 is 29.2 Å². The van der Waals surface area contributed by atoms with Gasteiger partial charge in [-0.25, -0.2) is 4.79 Å². The summed E-state index contributed by atoms with van der Waals surface area (Å²) in [6.07, 6.45) is 1.07. The van der Waals surface area contributed by atoms with E-state index in [-0.39, 0.29) is 24.4 Å². The van der Waals surface area contributed by atoms with E-state index < -0.39 is 12.1 Å². The minimum absolute atomic E-state index is 0.157. The third-order valence-corrected chi connectivity index (χ3v) is 8.70. The summed E-state index contributed by atoms with van der Waals surface area (Å²) in [6, 6.07) is 28.8. The molecule has 2 atom stereocenters. The number of hydrogen-bond acceptors (Lipinski definition) is 5. The van der Waals surface area contributed by atoms with E-state index in [1.807, 2.05) is 102 Å². The maximum absolute atomic E-state index is 14.2. The molecule has 9 heteroatoms. The largest absolute Gasteiger partial charge is 0.457 e. The SMILES string of the molecule is CN1C(=O)NC(c2cccc(Oc3ccccc3)c2)C2=C1CN(C(Cc1ccccc1)C(=O)NCCc1cccs1)C2=O. The highest BCUT2D eigenvalue weighted by Gasteiger charge is 2.46. The molecule has 3 heterocycles. The third-order valence-electron chi connectivity index (χ3n) is 7.76. The van der Waals surface area contributed by atoms with Gasteiger partial charge < -0.3 is 20.3 Å². The number of benzene rings is 3. The fraction of sp³-hybridized carbons (Fsp3) is 0.206. The first kappa shape index (κ1) is 28.2. The molecule has 6 rings (SSSR count). The average molecular weight is 593 g/mol. The van der Waals surface area contributed by atoms with Gasteiger partial charge in [0.25, 0.3) is 5.91 Å². The zero-order chi connectivity index (χ0) is 29.8. The average Bonchev–Trinajstić information content (AvgIpc) is 3.67. The van der Waals surface area contributed by atoms with Crippen LogP contribution in [0.25, 0.3) is 0 Å². The van der Waals surface area contributed by atoms with Crippen LogP contribution in [-0.2, 0) is 22.4 Å². The molecule has 8 nitrogen and oxygen atoms in total. The molecule has 0 saturated carbocycles. The molecule has 0 fully saturated rings. The smallest absolute Gasteiger partial charge is 0.322 e. The number of carbonyl (C=O) groups is 3. The maximum Gasteiger partial charge on any atom is 0.322 e. The second kappa shape index (κ2) is 12.5. The molecule has 0 saturated heterocycles. The lowest BCUT2D eigenvalue weighted by molar-refractivity contribution is -0.136. The van der Waals surface area contributed by atoms with Crippen molar-refractivity contribution in [3.05, 3.63) is 130 Å². The van der Waals surface area contributed by atoms with Crippen molar-refractivity contribution in [3.63, 3.8) is 0 Å². The van der Waals surface area contributed by atoms with E-state index in [4.69, 9.17) is 4.74 Å². The molecular formula is C34H32N4O4S. The van der Waals surface area contributed by atoms with E-state index in [0.717, 1.165) is 17.5 Å². The second-order valence-corrected chi connectivity index (χ2v) is 11.6. The number of rotatable bonds is 10. The van der Waals surface area contributed by atoms with Gasteiger partial charge in [-0.3, -0.25) is 14.5 Å². The van der Waals surface area contributed by atoms with Crippen molar-refractivity contribution in [2.24, 2.45) is 0 Å². The van der Waals surface area contributed by atoms with Crippen molar-refractivity contribution in [1.82, 2.24) is 20.4 Å². The first-order chi connectivity index (χ1) is 21.0. The molecule has 3 aromatic carbocycles. The van der Waals surface area contributed by atoms with Crippen molar-refractivity contribution < 1.29 is 19.1 Å². The van der Waals surface area contributed by atoms with Crippen LogP contribution in [0.3, 0.4) is 0 Å². The molecule has 0 radical (unpaired) electrons. The first-order valence-electron chi connectivity index (χ1n) is 14.2. The van der Waals surface area contributed by atoms with Crippen LogP contribution in [0, 0.1) is 0 Å². The molecule has 218 valence electrons. The van der Waals surface area contributed by atoms with Crippen LogP contribution in [0.1, 0.15) is 22.0 Å². The molecule has 2 aliphatic rings. The monoisotopic (exact) mass is 592 g/mol. The molecule has 2 N–H and O–H groups in total. The van der Waals surface area contributed by atoms with Crippen LogP contribution >= 0.6 is 11.3 Å². The zero-order valence-corrected chi connectivity index (χ0v) is 24.6. The van der Waals surface area contributed by atoms with Crippen LogP contribution in [0.2, 0.25) is 0 Å². The quantitative estimate of drug-likeness (QED) is 0.261. The lowest BCUT2D eigenvalue weighted by Crippen LogP contribution is -2.50. The normalized spacial score (nSPS) is 17.0. The zero-order valence-electron chi connectivity index (χ0n) is 23.7. The van der Waals surface area contributed by atoms with Crippen LogP contribution in [-0.4, -0.2) is 53.8 Å². The summed E-state index contributed by atoms with van der Waals surface area (Å²) >= 11 is 1.65. The molecule has 0 bridgehead atoms. The van der Waals surface area contributed by atoms with Crippen LogP contribution in [0.15, 0.2) is 114 Å². The van der Waals surface area contributed by atoms with Gasteiger partial charge in [-0.2, -0.15) is 0 Å². The molecule has 1 aromatic heterocycles. The number of thiophene rings is 1. The van der Waals surface area contributed by atoms with Gasteiger partial charge in [0.2, 0.25) is 5.91 Å². The molecule has 0 aliphatic carbocycles. The predicted octanol–water partition coefficient (Wildman–Crippen LogP) is 5.30. The lowest BCUT2D eigenvalue weighted by Gasteiger charge is -2.31. The Morgan fingerprint density at radius 3 is 2.47 bits per heavy atom. The summed E-state index contributed by atoms with van der Waals surface area (Å²) < 4.78 is 6.03. The van der Waals surface area contributed by atoms with Gasteiger partial charge in [-0.15, -0.1) is 11.3 Å². The van der Waals surface area contributed by atoms with Gasteiger partial charge in [0, 0.05) is 24.9 Å². The number of amides is 4. The van der Waals surface area contributed by atoms with Crippen molar-refractivity contribution in [3.8, 4) is 11.5 Å². The highest BCUT2D eigenvalue weighted by atomic mass is 32.1. The Morgan fingerprint density at radius 1 is 0.977 bits per heavy atom.